The highest BCUT2D eigenvalue weighted by atomic mass is 79.9. The van der Waals surface area contributed by atoms with E-state index >= 15 is 0 Å². The molecule has 3 rings (SSSR count). The van der Waals surface area contributed by atoms with Crippen LogP contribution >= 0.6 is 31.9 Å². The van der Waals surface area contributed by atoms with E-state index in [9.17, 15) is 19.7 Å². The first-order chi connectivity index (χ1) is 12.2. The van der Waals surface area contributed by atoms with Gasteiger partial charge < -0.3 is 9.67 Å². The Morgan fingerprint density at radius 3 is 2.42 bits per heavy atom. The van der Waals surface area contributed by atoms with Gasteiger partial charge in [-0.05, 0) is 30.3 Å². The number of benzene rings is 2. The predicted octanol–water partition coefficient (Wildman–Crippen LogP) is 3.75. The molecule has 0 saturated heterocycles. The summed E-state index contributed by atoms with van der Waals surface area (Å²) in [6, 6.07) is 9.22. The third kappa shape index (κ3) is 4.52. The third-order valence-electron chi connectivity index (χ3n) is 3.27. The molecule has 10 heteroatoms. The number of fused-ring (bicyclic) bond motifs is 1. The van der Waals surface area contributed by atoms with Crippen LogP contribution in [0.1, 0.15) is 10.4 Å². The Labute approximate surface area is 163 Å². The van der Waals surface area contributed by atoms with Crippen LogP contribution in [0.2, 0.25) is 0 Å². The molecule has 0 aliphatic carbocycles. The lowest BCUT2D eigenvalue weighted by Crippen LogP contribution is -2.16. The van der Waals surface area contributed by atoms with E-state index < -0.39 is 16.6 Å². The second-order valence-electron chi connectivity index (χ2n) is 5.05. The number of carboxylic acid groups (broad SMARTS) is 1. The number of carboxylic acids is 1. The van der Waals surface area contributed by atoms with Crippen molar-refractivity contribution in [1.82, 2.24) is 9.55 Å². The van der Waals surface area contributed by atoms with Crippen LogP contribution in [0.5, 0.6) is 0 Å². The van der Waals surface area contributed by atoms with Crippen LogP contribution in [0.3, 0.4) is 0 Å². The summed E-state index contributed by atoms with van der Waals surface area (Å²) in [6.07, 6.45) is 1.52. The quantitative estimate of drug-likeness (QED) is 0.437. The SMILES string of the molecule is Cn1cnc2cc(Br)ccc2c1=O.O=C(O)c1ccc(Br)cc1[N+](=O)[O-]. The zero-order chi connectivity index (χ0) is 19.4. The first-order valence-electron chi connectivity index (χ1n) is 6.99. The molecule has 0 bridgehead atoms. The summed E-state index contributed by atoms with van der Waals surface area (Å²) in [5.74, 6) is -1.31. The number of hydrogen-bond acceptors (Lipinski definition) is 5. The number of rotatable bonds is 2. The molecule has 26 heavy (non-hydrogen) atoms. The average molecular weight is 485 g/mol. The zero-order valence-electron chi connectivity index (χ0n) is 13.2. The Balaban J connectivity index is 0.000000187. The van der Waals surface area contributed by atoms with Gasteiger partial charge >= 0.3 is 5.97 Å². The predicted molar refractivity (Wildman–Crippen MR) is 102 cm³/mol. The number of carbonyl (C=O) groups is 1. The first kappa shape index (κ1) is 19.7. The molecule has 0 aliphatic rings. The number of aromatic carboxylic acids is 1. The molecule has 0 radical (unpaired) electrons. The fourth-order valence-electron chi connectivity index (χ4n) is 2.02. The number of aryl methyl sites for hydroxylation is 1. The van der Waals surface area contributed by atoms with Crippen LogP contribution in [-0.2, 0) is 7.05 Å². The van der Waals surface area contributed by atoms with E-state index in [2.05, 4.69) is 36.8 Å². The standard InChI is InChI=1S/C9H7BrN2O.C7H4BrNO4/c1-12-5-11-8-4-6(10)2-3-7(8)9(12)13;8-4-1-2-5(7(10)11)6(3-4)9(12)13/h2-5H,1H3;1-3H,(H,10,11). The summed E-state index contributed by atoms with van der Waals surface area (Å²) >= 11 is 6.34. The maximum absolute atomic E-state index is 11.5. The average Bonchev–Trinajstić information content (AvgIpc) is 2.58. The van der Waals surface area contributed by atoms with Crippen molar-refractivity contribution in [2.24, 2.45) is 7.05 Å². The van der Waals surface area contributed by atoms with Gasteiger partial charge in [0.25, 0.3) is 11.2 Å². The van der Waals surface area contributed by atoms with Crippen LogP contribution in [0.25, 0.3) is 10.9 Å². The highest BCUT2D eigenvalue weighted by Crippen LogP contribution is 2.23. The van der Waals surface area contributed by atoms with Gasteiger partial charge in [-0.3, -0.25) is 14.9 Å². The van der Waals surface area contributed by atoms with Gasteiger partial charge in [-0.25, -0.2) is 9.78 Å². The lowest BCUT2D eigenvalue weighted by atomic mass is 10.2. The minimum atomic E-state index is -1.31. The Kier molecular flexibility index (Phi) is 6.22. The number of nitro benzene ring substituents is 1. The molecular formula is C16H11Br2N3O5. The summed E-state index contributed by atoms with van der Waals surface area (Å²) in [5.41, 5.74) is -0.0231. The molecule has 2 aromatic carbocycles. The van der Waals surface area contributed by atoms with Crippen molar-refractivity contribution in [3.05, 3.63) is 77.7 Å². The van der Waals surface area contributed by atoms with Gasteiger partial charge in [0.05, 0.1) is 22.2 Å². The molecule has 3 aromatic rings. The van der Waals surface area contributed by atoms with E-state index in [1.807, 2.05) is 12.1 Å². The second-order valence-corrected chi connectivity index (χ2v) is 6.88. The van der Waals surface area contributed by atoms with Crippen molar-refractivity contribution in [2.45, 2.75) is 0 Å². The number of hydrogen-bond donors (Lipinski definition) is 1. The van der Waals surface area contributed by atoms with Crippen LogP contribution < -0.4 is 5.56 Å². The molecular weight excluding hydrogens is 474 g/mol. The van der Waals surface area contributed by atoms with E-state index in [1.165, 1.54) is 23.0 Å². The van der Waals surface area contributed by atoms with Crippen molar-refractivity contribution < 1.29 is 14.8 Å². The van der Waals surface area contributed by atoms with Gasteiger partial charge in [0, 0.05) is 22.1 Å². The Morgan fingerprint density at radius 1 is 1.19 bits per heavy atom. The normalized spacial score (nSPS) is 10.1. The Morgan fingerprint density at radius 2 is 1.81 bits per heavy atom. The topological polar surface area (TPSA) is 115 Å². The van der Waals surface area contributed by atoms with E-state index in [-0.39, 0.29) is 11.1 Å². The second kappa shape index (κ2) is 8.19. The molecule has 8 nitrogen and oxygen atoms in total. The molecule has 0 unspecified atom stereocenters. The molecule has 1 aromatic heterocycles. The molecule has 0 spiro atoms. The monoisotopic (exact) mass is 483 g/mol. The largest absolute Gasteiger partial charge is 0.477 e. The van der Waals surface area contributed by atoms with Gasteiger partial charge in [0.2, 0.25) is 0 Å². The Bertz CT molecular complexity index is 1070. The first-order valence-corrected chi connectivity index (χ1v) is 8.57. The van der Waals surface area contributed by atoms with Crippen LogP contribution in [0, 0.1) is 10.1 Å². The van der Waals surface area contributed by atoms with Gasteiger partial charge in [0.15, 0.2) is 0 Å². The lowest BCUT2D eigenvalue weighted by Gasteiger charge is -1.99. The molecule has 0 fully saturated rings. The zero-order valence-corrected chi connectivity index (χ0v) is 16.4. The minimum absolute atomic E-state index is 0.0162. The minimum Gasteiger partial charge on any atom is -0.477 e. The molecule has 0 saturated carbocycles. The summed E-state index contributed by atoms with van der Waals surface area (Å²) in [7, 11) is 1.69. The van der Waals surface area contributed by atoms with Crippen molar-refractivity contribution >= 4 is 54.4 Å². The molecule has 0 atom stereocenters. The highest BCUT2D eigenvalue weighted by Gasteiger charge is 2.19. The number of nitrogens with zero attached hydrogens (tertiary/aromatic N) is 3. The lowest BCUT2D eigenvalue weighted by molar-refractivity contribution is -0.385. The van der Waals surface area contributed by atoms with Crippen LogP contribution in [0.15, 0.2) is 56.5 Å². The molecule has 0 aliphatic heterocycles. The maximum Gasteiger partial charge on any atom is 0.342 e. The fourth-order valence-corrected chi connectivity index (χ4v) is 2.72. The molecule has 134 valence electrons. The van der Waals surface area contributed by atoms with E-state index in [0.29, 0.717) is 9.86 Å². The van der Waals surface area contributed by atoms with Crippen molar-refractivity contribution in [3.8, 4) is 0 Å². The van der Waals surface area contributed by atoms with Crippen LogP contribution in [0.4, 0.5) is 5.69 Å². The summed E-state index contributed by atoms with van der Waals surface area (Å²) in [5, 5.41) is 19.6. The van der Waals surface area contributed by atoms with Gasteiger partial charge in [-0.1, -0.05) is 31.9 Å². The summed E-state index contributed by atoms with van der Waals surface area (Å²) in [6.45, 7) is 0. The van der Waals surface area contributed by atoms with E-state index in [4.69, 9.17) is 5.11 Å². The van der Waals surface area contributed by atoms with Gasteiger partial charge in [-0.15, -0.1) is 0 Å². The van der Waals surface area contributed by atoms with E-state index in [0.717, 1.165) is 16.1 Å². The van der Waals surface area contributed by atoms with E-state index in [1.54, 1.807) is 13.1 Å². The summed E-state index contributed by atoms with van der Waals surface area (Å²) in [4.78, 5) is 35.9. The fraction of sp³-hybridized carbons (Fsp3) is 0.0625. The number of aromatic nitrogens is 2. The molecule has 1 heterocycles. The molecule has 1 N–H and O–H groups in total. The Hall–Kier alpha value is -2.59. The van der Waals surface area contributed by atoms with Crippen molar-refractivity contribution in [1.29, 1.82) is 0 Å². The van der Waals surface area contributed by atoms with Crippen molar-refractivity contribution in [2.75, 3.05) is 0 Å². The van der Waals surface area contributed by atoms with Gasteiger partial charge in [0.1, 0.15) is 5.56 Å². The summed E-state index contributed by atoms with van der Waals surface area (Å²) < 4.78 is 2.88. The smallest absolute Gasteiger partial charge is 0.342 e. The van der Waals surface area contributed by atoms with Crippen LogP contribution in [-0.4, -0.2) is 25.6 Å². The third-order valence-corrected chi connectivity index (χ3v) is 4.25. The highest BCUT2D eigenvalue weighted by molar-refractivity contribution is 9.10. The number of nitro groups is 1. The van der Waals surface area contributed by atoms with Gasteiger partial charge in [-0.2, -0.15) is 0 Å². The molecule has 0 amide bonds. The maximum atomic E-state index is 11.5. The van der Waals surface area contributed by atoms with Crippen molar-refractivity contribution in [3.63, 3.8) is 0 Å². The number of halogens is 2.